The summed E-state index contributed by atoms with van der Waals surface area (Å²) in [7, 11) is 0. The van der Waals surface area contributed by atoms with E-state index in [1.54, 1.807) is 0 Å². The van der Waals surface area contributed by atoms with E-state index in [9.17, 15) is 40.5 Å². The molecule has 1 rings (SSSR count). The topological polar surface area (TPSA) is 189 Å². The second-order valence-corrected chi connectivity index (χ2v) is 13.6. The summed E-state index contributed by atoms with van der Waals surface area (Å²) in [6.45, 7) is 3.33. The highest BCUT2D eigenvalue weighted by atomic mass is 16.7. The second kappa shape index (κ2) is 28.5. The molecule has 48 heavy (non-hydrogen) atoms. The van der Waals surface area contributed by atoms with Gasteiger partial charge in [0.25, 0.3) is 0 Å². The molecule has 1 amide bonds. The van der Waals surface area contributed by atoms with Gasteiger partial charge in [0.05, 0.1) is 25.4 Å². The fourth-order valence-corrected chi connectivity index (χ4v) is 6.01. The fraction of sp³-hybridized carbons (Fsp3) is 0.919. The van der Waals surface area contributed by atoms with Crippen LogP contribution >= 0.6 is 0 Å². The average Bonchev–Trinajstić information content (AvgIpc) is 3.08. The number of ether oxygens (including phenoxy) is 2. The number of carbonyl (C=O) groups excluding carboxylic acids is 1. The van der Waals surface area contributed by atoms with E-state index in [2.05, 4.69) is 31.3 Å². The molecule has 1 saturated heterocycles. The highest BCUT2D eigenvalue weighted by molar-refractivity contribution is 5.80. The van der Waals surface area contributed by atoms with Crippen LogP contribution in [0.3, 0.4) is 0 Å². The molecule has 9 atom stereocenters. The summed E-state index contributed by atoms with van der Waals surface area (Å²) in [4.78, 5) is 12.9. The van der Waals surface area contributed by atoms with Crippen LogP contribution in [0.15, 0.2) is 12.2 Å². The van der Waals surface area contributed by atoms with Gasteiger partial charge in [0.1, 0.15) is 36.6 Å². The lowest BCUT2D eigenvalue weighted by atomic mass is 9.98. The van der Waals surface area contributed by atoms with Crippen LogP contribution < -0.4 is 5.32 Å². The van der Waals surface area contributed by atoms with Gasteiger partial charge >= 0.3 is 0 Å². The molecule has 0 radical (unpaired) electrons. The molecule has 11 heteroatoms. The number of hydrogen-bond donors (Lipinski definition) is 8. The number of amides is 1. The maximum Gasteiger partial charge on any atom is 0.249 e. The Morgan fingerprint density at radius 1 is 0.708 bits per heavy atom. The largest absolute Gasteiger partial charge is 0.394 e. The molecule has 1 aliphatic heterocycles. The first-order valence-corrected chi connectivity index (χ1v) is 19.1. The van der Waals surface area contributed by atoms with Gasteiger partial charge in [-0.05, 0) is 32.1 Å². The van der Waals surface area contributed by atoms with Crippen LogP contribution in [0.1, 0.15) is 149 Å². The predicted octanol–water partition coefficient (Wildman–Crippen LogP) is 4.16. The number of aliphatic hydroxyl groups excluding tert-OH is 7. The molecule has 0 bridgehead atoms. The zero-order chi connectivity index (χ0) is 35.6. The molecule has 1 heterocycles. The third-order valence-corrected chi connectivity index (χ3v) is 9.32. The SMILES string of the molecule is CCCC/C=C\CCCCCCC(O)C(=O)NC(COC1OC(CO)C(O)C(O)C1O)C(O)C(O)CCCCCCCCCCCCC. The van der Waals surface area contributed by atoms with Crippen molar-refractivity contribution in [2.45, 2.75) is 204 Å². The van der Waals surface area contributed by atoms with Crippen LogP contribution in [0.25, 0.3) is 0 Å². The van der Waals surface area contributed by atoms with Crippen molar-refractivity contribution in [2.24, 2.45) is 0 Å². The van der Waals surface area contributed by atoms with E-state index < -0.39 is 74.2 Å². The minimum atomic E-state index is -1.66. The first-order valence-electron chi connectivity index (χ1n) is 19.1. The van der Waals surface area contributed by atoms with E-state index >= 15 is 0 Å². The molecule has 8 N–H and O–H groups in total. The third-order valence-electron chi connectivity index (χ3n) is 9.32. The van der Waals surface area contributed by atoms with Crippen molar-refractivity contribution in [3.8, 4) is 0 Å². The predicted molar refractivity (Wildman–Crippen MR) is 187 cm³/mol. The maximum absolute atomic E-state index is 12.9. The minimum Gasteiger partial charge on any atom is -0.394 e. The van der Waals surface area contributed by atoms with Gasteiger partial charge in [-0.3, -0.25) is 4.79 Å². The summed E-state index contributed by atoms with van der Waals surface area (Å²) in [5.41, 5.74) is 0. The van der Waals surface area contributed by atoms with Crippen LogP contribution in [0, 0.1) is 0 Å². The van der Waals surface area contributed by atoms with Crippen molar-refractivity contribution in [3.05, 3.63) is 12.2 Å². The van der Waals surface area contributed by atoms with Gasteiger partial charge in [-0.25, -0.2) is 0 Å². The molecular weight excluding hydrogens is 618 g/mol. The van der Waals surface area contributed by atoms with Crippen LogP contribution in [0.4, 0.5) is 0 Å². The summed E-state index contributed by atoms with van der Waals surface area (Å²) in [6, 6.07) is -1.17. The fourth-order valence-electron chi connectivity index (χ4n) is 6.01. The second-order valence-electron chi connectivity index (χ2n) is 13.6. The van der Waals surface area contributed by atoms with E-state index in [0.29, 0.717) is 19.3 Å². The first-order chi connectivity index (χ1) is 23.2. The van der Waals surface area contributed by atoms with Crippen molar-refractivity contribution in [3.63, 3.8) is 0 Å². The smallest absolute Gasteiger partial charge is 0.249 e. The third kappa shape index (κ3) is 19.3. The molecule has 0 aromatic rings. The normalized spacial score (nSPS) is 24.1. The Bertz CT molecular complexity index is 800. The molecule has 0 aromatic carbocycles. The molecule has 9 unspecified atom stereocenters. The van der Waals surface area contributed by atoms with Crippen LogP contribution in [0.5, 0.6) is 0 Å². The van der Waals surface area contributed by atoms with Gasteiger partial charge in [-0.2, -0.15) is 0 Å². The minimum absolute atomic E-state index is 0.246. The summed E-state index contributed by atoms with van der Waals surface area (Å²) < 4.78 is 11.0. The molecule has 0 aromatic heterocycles. The molecule has 1 fully saturated rings. The van der Waals surface area contributed by atoms with Crippen molar-refractivity contribution < 1.29 is 50.0 Å². The molecule has 1 aliphatic rings. The summed E-state index contributed by atoms with van der Waals surface area (Å²) in [5.74, 6) is -0.711. The molecule has 11 nitrogen and oxygen atoms in total. The number of nitrogens with one attached hydrogen (secondary N) is 1. The summed E-state index contributed by atoms with van der Waals surface area (Å²) in [5, 5.41) is 75.0. The number of unbranched alkanes of at least 4 members (excludes halogenated alkanes) is 16. The Balaban J connectivity index is 2.60. The van der Waals surface area contributed by atoms with Gasteiger partial charge in [-0.1, -0.05) is 129 Å². The molecule has 0 aliphatic carbocycles. The van der Waals surface area contributed by atoms with Gasteiger partial charge in [0.2, 0.25) is 5.91 Å². The van der Waals surface area contributed by atoms with Crippen molar-refractivity contribution >= 4 is 5.91 Å². The van der Waals surface area contributed by atoms with Crippen molar-refractivity contribution in [2.75, 3.05) is 13.2 Å². The number of hydrogen-bond acceptors (Lipinski definition) is 10. The zero-order valence-corrected chi connectivity index (χ0v) is 30.0. The van der Waals surface area contributed by atoms with E-state index in [1.807, 2.05) is 0 Å². The zero-order valence-electron chi connectivity index (χ0n) is 30.0. The number of carbonyl (C=O) groups is 1. The Morgan fingerprint density at radius 3 is 1.81 bits per heavy atom. The average molecular weight is 690 g/mol. The number of rotatable bonds is 30. The lowest BCUT2D eigenvalue weighted by Crippen LogP contribution is -2.60. The Kier molecular flexibility index (Phi) is 26.7. The first kappa shape index (κ1) is 44.9. The van der Waals surface area contributed by atoms with Crippen molar-refractivity contribution in [1.82, 2.24) is 5.32 Å². The van der Waals surface area contributed by atoms with Crippen LogP contribution in [-0.4, -0.2) is 110 Å². The van der Waals surface area contributed by atoms with Crippen LogP contribution in [0.2, 0.25) is 0 Å². The van der Waals surface area contributed by atoms with E-state index in [-0.39, 0.29) is 6.42 Å². The monoisotopic (exact) mass is 690 g/mol. The van der Waals surface area contributed by atoms with E-state index in [1.165, 1.54) is 57.8 Å². The number of allylic oxidation sites excluding steroid dienone is 2. The number of aliphatic hydroxyl groups is 7. The standard InChI is InChI=1S/C37H71NO10/c1-3-5-7-9-11-13-15-17-18-20-22-24-29(40)32(42)28(27-47-37-35(45)34(44)33(43)31(26-39)48-37)38-36(46)30(41)25-23-21-19-16-14-12-10-8-6-4-2/h10,12,28-35,37,39-45H,3-9,11,13-27H2,1-2H3,(H,38,46)/b12-10-. The molecule has 284 valence electrons. The lowest BCUT2D eigenvalue weighted by Gasteiger charge is -2.40. The van der Waals surface area contributed by atoms with Crippen molar-refractivity contribution in [1.29, 1.82) is 0 Å². The Morgan fingerprint density at radius 2 is 1.23 bits per heavy atom. The van der Waals surface area contributed by atoms with Gasteiger partial charge in [-0.15, -0.1) is 0 Å². The Labute approximate surface area is 290 Å². The summed E-state index contributed by atoms with van der Waals surface area (Å²) in [6.07, 6.45) is 14.2. The maximum atomic E-state index is 12.9. The molecule has 0 spiro atoms. The quantitative estimate of drug-likeness (QED) is 0.0402. The lowest BCUT2D eigenvalue weighted by molar-refractivity contribution is -0.303. The van der Waals surface area contributed by atoms with Gasteiger partial charge in [0, 0.05) is 0 Å². The highest BCUT2D eigenvalue weighted by Crippen LogP contribution is 2.23. The van der Waals surface area contributed by atoms with E-state index in [4.69, 9.17) is 9.47 Å². The highest BCUT2D eigenvalue weighted by Gasteiger charge is 2.44. The van der Waals surface area contributed by atoms with E-state index in [0.717, 1.165) is 51.4 Å². The molecule has 0 saturated carbocycles. The van der Waals surface area contributed by atoms with Gasteiger partial charge < -0.3 is 50.5 Å². The van der Waals surface area contributed by atoms with Crippen LogP contribution in [-0.2, 0) is 14.3 Å². The molecular formula is C37H71NO10. The Hall–Kier alpha value is -1.15. The summed E-state index contributed by atoms with van der Waals surface area (Å²) >= 11 is 0. The van der Waals surface area contributed by atoms with Gasteiger partial charge in [0.15, 0.2) is 6.29 Å².